The van der Waals surface area contributed by atoms with E-state index in [0.717, 1.165) is 11.0 Å². The topological polar surface area (TPSA) is 39.1 Å². The molecule has 1 heterocycles. The Bertz CT molecular complexity index is 804. The Balaban J connectivity index is 2.63. The van der Waals surface area contributed by atoms with E-state index in [-0.39, 0.29) is 4.91 Å². The summed E-state index contributed by atoms with van der Waals surface area (Å²) >= 11 is 0. The van der Waals surface area contributed by atoms with Crippen molar-refractivity contribution in [1.29, 1.82) is 0 Å². The third kappa shape index (κ3) is 2.60. The van der Waals surface area contributed by atoms with Crippen molar-refractivity contribution in [3.05, 3.63) is 71.8 Å². The lowest BCUT2D eigenvalue weighted by molar-refractivity contribution is 0.596. The molecule has 0 unspecified atom stereocenters. The van der Waals surface area contributed by atoms with Crippen molar-refractivity contribution >= 4 is 20.9 Å². The van der Waals surface area contributed by atoms with Crippen LogP contribution in [0.4, 0.5) is 0 Å². The van der Waals surface area contributed by atoms with Crippen LogP contribution < -0.4 is 0 Å². The molecule has 0 atom stereocenters. The minimum atomic E-state index is -3.61. The molecular weight excluding hydrogens is 270 g/mol. The van der Waals surface area contributed by atoms with E-state index < -0.39 is 10.0 Å². The molecule has 2 rings (SSSR count). The van der Waals surface area contributed by atoms with Crippen LogP contribution in [0.3, 0.4) is 0 Å². The summed E-state index contributed by atoms with van der Waals surface area (Å²) in [5, 5.41) is 0.890. The van der Waals surface area contributed by atoms with Crippen LogP contribution in [0.1, 0.15) is 13.8 Å². The van der Waals surface area contributed by atoms with Crippen molar-refractivity contribution < 1.29 is 8.42 Å². The molecule has 1 aromatic heterocycles. The molecule has 0 amide bonds. The Morgan fingerprint density at radius 1 is 1.15 bits per heavy atom. The zero-order chi connectivity index (χ0) is 14.8. The Labute approximate surface area is 119 Å². The zero-order valence-corrected chi connectivity index (χ0v) is 12.4. The third-order valence-electron chi connectivity index (χ3n) is 2.90. The summed E-state index contributed by atoms with van der Waals surface area (Å²) in [6.07, 6.45) is 6.27. The van der Waals surface area contributed by atoms with Gasteiger partial charge in [-0.1, -0.05) is 36.4 Å². The summed E-state index contributed by atoms with van der Waals surface area (Å²) in [6.45, 7) is 7.43. The first-order valence-electron chi connectivity index (χ1n) is 6.26. The van der Waals surface area contributed by atoms with Gasteiger partial charge in [-0.3, -0.25) is 0 Å². The van der Waals surface area contributed by atoms with E-state index in [9.17, 15) is 8.42 Å². The van der Waals surface area contributed by atoms with Crippen molar-refractivity contribution in [3.8, 4) is 0 Å². The summed E-state index contributed by atoms with van der Waals surface area (Å²) < 4.78 is 26.6. The molecule has 104 valence electrons. The fourth-order valence-corrected chi connectivity index (χ4v) is 3.21. The van der Waals surface area contributed by atoms with Gasteiger partial charge in [0.05, 0.1) is 10.4 Å². The molecule has 0 spiro atoms. The van der Waals surface area contributed by atoms with Gasteiger partial charge in [0.1, 0.15) is 0 Å². The lowest BCUT2D eigenvalue weighted by Gasteiger charge is -2.07. The smallest absolute Gasteiger partial charge is 0.241 e. The van der Waals surface area contributed by atoms with E-state index in [4.69, 9.17) is 0 Å². The highest BCUT2D eigenvalue weighted by Gasteiger charge is 2.18. The monoisotopic (exact) mass is 287 g/mol. The molecule has 4 heteroatoms. The number of rotatable bonds is 4. The standard InChI is InChI=1S/C16H17NO2S/c1-4-15(10-9-13(2)3)20(18,19)17-12-11-14-7-5-6-8-16(14)17/h4-12H,1H2,2-3H3/b15-10+. The first kappa shape index (κ1) is 14.3. The van der Waals surface area contributed by atoms with E-state index >= 15 is 0 Å². The number of para-hydroxylation sites is 1. The van der Waals surface area contributed by atoms with Crippen molar-refractivity contribution in [2.24, 2.45) is 0 Å². The van der Waals surface area contributed by atoms with Crippen molar-refractivity contribution in [2.45, 2.75) is 13.8 Å². The van der Waals surface area contributed by atoms with Crippen LogP contribution in [0.5, 0.6) is 0 Å². The van der Waals surface area contributed by atoms with Crippen LogP contribution in [-0.2, 0) is 10.0 Å². The Hall–Kier alpha value is -2.07. The minimum absolute atomic E-state index is 0.181. The molecule has 0 bridgehead atoms. The number of hydrogen-bond donors (Lipinski definition) is 0. The first-order valence-corrected chi connectivity index (χ1v) is 7.70. The fraction of sp³-hybridized carbons (Fsp3) is 0.125. The maximum absolute atomic E-state index is 12.6. The second-order valence-corrected chi connectivity index (χ2v) is 6.51. The fourth-order valence-electron chi connectivity index (χ4n) is 1.89. The molecule has 0 N–H and O–H groups in total. The molecule has 3 nitrogen and oxygen atoms in total. The predicted octanol–water partition coefficient (Wildman–Crippen LogP) is 3.86. The van der Waals surface area contributed by atoms with Crippen LogP contribution in [0.25, 0.3) is 10.9 Å². The number of hydrogen-bond acceptors (Lipinski definition) is 2. The van der Waals surface area contributed by atoms with Gasteiger partial charge in [-0.05, 0) is 38.1 Å². The Morgan fingerprint density at radius 3 is 2.50 bits per heavy atom. The molecule has 2 aromatic rings. The average Bonchev–Trinajstić information content (AvgIpc) is 2.83. The quantitative estimate of drug-likeness (QED) is 0.801. The second kappa shape index (κ2) is 5.51. The largest absolute Gasteiger partial charge is 0.268 e. The molecule has 0 aliphatic heterocycles. The van der Waals surface area contributed by atoms with E-state index in [1.807, 2.05) is 32.0 Å². The van der Waals surface area contributed by atoms with Gasteiger partial charge in [0.25, 0.3) is 10.0 Å². The normalized spacial score (nSPS) is 12.4. The molecule has 0 aliphatic rings. The first-order chi connectivity index (χ1) is 9.46. The van der Waals surface area contributed by atoms with Gasteiger partial charge in [0.2, 0.25) is 0 Å². The van der Waals surface area contributed by atoms with Gasteiger partial charge in [0.15, 0.2) is 0 Å². The van der Waals surface area contributed by atoms with E-state index in [1.54, 1.807) is 30.5 Å². The van der Waals surface area contributed by atoms with Gasteiger partial charge >= 0.3 is 0 Å². The number of benzene rings is 1. The molecule has 0 radical (unpaired) electrons. The molecule has 0 saturated carbocycles. The minimum Gasteiger partial charge on any atom is -0.241 e. The van der Waals surface area contributed by atoms with Gasteiger partial charge in [-0.25, -0.2) is 12.4 Å². The molecule has 1 aromatic carbocycles. The van der Waals surface area contributed by atoms with Crippen LogP contribution in [0.2, 0.25) is 0 Å². The summed E-state index contributed by atoms with van der Waals surface area (Å²) in [4.78, 5) is 0.181. The molecule has 20 heavy (non-hydrogen) atoms. The predicted molar refractivity (Wildman–Crippen MR) is 84.0 cm³/mol. The maximum Gasteiger partial charge on any atom is 0.268 e. The van der Waals surface area contributed by atoms with Crippen LogP contribution in [-0.4, -0.2) is 12.4 Å². The lowest BCUT2D eigenvalue weighted by Crippen LogP contribution is -2.12. The number of allylic oxidation sites excluding steroid dienone is 4. The summed E-state index contributed by atoms with van der Waals surface area (Å²) in [6, 6.07) is 9.16. The molecule has 0 fully saturated rings. The summed E-state index contributed by atoms with van der Waals surface area (Å²) in [5.41, 5.74) is 1.69. The van der Waals surface area contributed by atoms with Crippen LogP contribution >= 0.6 is 0 Å². The van der Waals surface area contributed by atoms with E-state index in [2.05, 4.69) is 6.58 Å². The Kier molecular flexibility index (Phi) is 3.95. The van der Waals surface area contributed by atoms with Gasteiger partial charge < -0.3 is 0 Å². The zero-order valence-electron chi connectivity index (χ0n) is 11.6. The highest BCUT2D eigenvalue weighted by molar-refractivity contribution is 7.94. The van der Waals surface area contributed by atoms with Crippen molar-refractivity contribution in [1.82, 2.24) is 3.97 Å². The average molecular weight is 287 g/mol. The highest BCUT2D eigenvalue weighted by atomic mass is 32.2. The van der Waals surface area contributed by atoms with Crippen LogP contribution in [0.15, 0.2) is 71.8 Å². The van der Waals surface area contributed by atoms with E-state index in [0.29, 0.717) is 5.52 Å². The highest BCUT2D eigenvalue weighted by Crippen LogP contribution is 2.21. The number of nitrogens with zero attached hydrogens (tertiary/aromatic N) is 1. The molecule has 0 aliphatic carbocycles. The summed E-state index contributed by atoms with van der Waals surface area (Å²) in [7, 11) is -3.61. The third-order valence-corrected chi connectivity index (χ3v) is 4.64. The SMILES string of the molecule is C=C/C(=C\C=C(C)C)S(=O)(=O)n1ccc2ccccc21. The van der Waals surface area contributed by atoms with Gasteiger partial charge in [-0.15, -0.1) is 0 Å². The Morgan fingerprint density at radius 2 is 1.85 bits per heavy atom. The number of fused-ring (bicyclic) bond motifs is 1. The second-order valence-electron chi connectivity index (χ2n) is 4.69. The number of aromatic nitrogens is 1. The van der Waals surface area contributed by atoms with Crippen LogP contribution in [0, 0.1) is 0 Å². The van der Waals surface area contributed by atoms with Crippen molar-refractivity contribution in [3.63, 3.8) is 0 Å². The molecular formula is C16H17NO2S. The van der Waals surface area contributed by atoms with E-state index in [1.165, 1.54) is 10.0 Å². The van der Waals surface area contributed by atoms with Crippen molar-refractivity contribution in [2.75, 3.05) is 0 Å². The summed E-state index contributed by atoms with van der Waals surface area (Å²) in [5.74, 6) is 0. The maximum atomic E-state index is 12.6. The van der Waals surface area contributed by atoms with Gasteiger partial charge in [-0.2, -0.15) is 0 Å². The molecule has 0 saturated heterocycles. The lowest BCUT2D eigenvalue weighted by atomic mass is 10.3. The van der Waals surface area contributed by atoms with Gasteiger partial charge in [0, 0.05) is 11.6 Å².